The van der Waals surface area contributed by atoms with Crippen molar-refractivity contribution >= 4 is 53.0 Å². The van der Waals surface area contributed by atoms with Gasteiger partial charge < -0.3 is 25.5 Å². The van der Waals surface area contributed by atoms with E-state index in [-0.39, 0.29) is 37.3 Å². The maximum absolute atomic E-state index is 13.5. The van der Waals surface area contributed by atoms with Crippen LogP contribution in [0.2, 0.25) is 0 Å². The van der Waals surface area contributed by atoms with Crippen molar-refractivity contribution in [2.24, 2.45) is 11.7 Å². The number of carbonyl (C=O) groups is 4. The van der Waals surface area contributed by atoms with Gasteiger partial charge in [-0.1, -0.05) is 80.6 Å². The summed E-state index contributed by atoms with van der Waals surface area (Å²) in [4.78, 5) is 60.5. The van der Waals surface area contributed by atoms with Gasteiger partial charge in [0.2, 0.25) is 5.91 Å². The van der Waals surface area contributed by atoms with Crippen molar-refractivity contribution in [3.8, 4) is 0 Å². The average molecular weight is 662 g/mol. The van der Waals surface area contributed by atoms with Crippen molar-refractivity contribution in [3.05, 3.63) is 90.3 Å². The summed E-state index contributed by atoms with van der Waals surface area (Å²) in [5.74, 6) is -1.28. The summed E-state index contributed by atoms with van der Waals surface area (Å²) in [5.41, 5.74) is 10.3. The number of anilines is 1. The first-order valence-corrected chi connectivity index (χ1v) is 16.2. The van der Waals surface area contributed by atoms with Crippen molar-refractivity contribution in [3.63, 3.8) is 0 Å². The van der Waals surface area contributed by atoms with E-state index in [1.807, 2.05) is 77.7 Å². The zero-order valence-corrected chi connectivity index (χ0v) is 27.8. The van der Waals surface area contributed by atoms with Crippen LogP contribution in [0.3, 0.4) is 0 Å². The fourth-order valence-electron chi connectivity index (χ4n) is 5.13. The van der Waals surface area contributed by atoms with E-state index >= 15 is 0 Å². The molecule has 0 saturated carbocycles. The number of nitrogens with one attached hydrogen (secondary N) is 2. The highest BCUT2D eigenvalue weighted by molar-refractivity contribution is 7.81. The Balaban J connectivity index is 1.55. The van der Waals surface area contributed by atoms with Crippen molar-refractivity contribution in [2.45, 2.75) is 70.4 Å². The van der Waals surface area contributed by atoms with Crippen molar-refractivity contribution in [2.75, 3.05) is 11.6 Å². The number of fused-ring (bicyclic) bond motifs is 1. The maximum Gasteiger partial charge on any atom is 0.408 e. The van der Waals surface area contributed by atoms with E-state index < -0.39 is 30.1 Å². The second-order valence-corrected chi connectivity index (χ2v) is 12.7. The first-order valence-electron chi connectivity index (χ1n) is 15.7. The highest BCUT2D eigenvalue weighted by atomic mass is 32.1. The third-order valence-corrected chi connectivity index (χ3v) is 8.10. The molecule has 3 amide bonds. The van der Waals surface area contributed by atoms with Crippen LogP contribution >= 0.6 is 12.6 Å². The minimum Gasteiger partial charge on any atom is -0.445 e. The molecule has 0 spiro atoms. The molecule has 0 aliphatic carbocycles. The number of benzene rings is 3. The number of hydroxylamine groups is 1. The summed E-state index contributed by atoms with van der Waals surface area (Å²) in [5, 5.41) is 4.30. The molecular weight excluding hydrogens is 618 g/mol. The Morgan fingerprint density at radius 1 is 0.936 bits per heavy atom. The number of alkyl carbamates (subject to hydrolysis) is 1. The molecule has 1 unspecified atom stereocenters. The Labute approximate surface area is 280 Å². The lowest BCUT2D eigenvalue weighted by Crippen LogP contribution is -2.48. The van der Waals surface area contributed by atoms with E-state index in [4.69, 9.17) is 15.3 Å². The molecule has 0 radical (unpaired) electrons. The number of amides is 3. The predicted molar refractivity (Wildman–Crippen MR) is 184 cm³/mol. The first kappa shape index (κ1) is 35.3. The molecule has 1 aliphatic heterocycles. The van der Waals surface area contributed by atoms with Gasteiger partial charge in [-0.25, -0.2) is 9.59 Å². The van der Waals surface area contributed by atoms with Crippen molar-refractivity contribution in [1.82, 2.24) is 15.7 Å². The fourth-order valence-corrected chi connectivity index (χ4v) is 5.43. The number of ether oxygens (including phenoxy) is 1. The third-order valence-electron chi connectivity index (χ3n) is 7.65. The van der Waals surface area contributed by atoms with Crippen LogP contribution in [0.25, 0.3) is 10.8 Å². The second kappa shape index (κ2) is 16.8. The summed E-state index contributed by atoms with van der Waals surface area (Å²) >= 11 is 4.47. The van der Waals surface area contributed by atoms with E-state index in [0.29, 0.717) is 11.6 Å². The number of carbonyl (C=O) groups excluding carboxylic acids is 4. The van der Waals surface area contributed by atoms with Gasteiger partial charge in [0.1, 0.15) is 19.3 Å². The van der Waals surface area contributed by atoms with Crippen LogP contribution in [0.1, 0.15) is 52.0 Å². The summed E-state index contributed by atoms with van der Waals surface area (Å²) in [6.45, 7) is 5.90. The van der Waals surface area contributed by atoms with Crippen LogP contribution in [0, 0.1) is 5.92 Å². The molecule has 250 valence electrons. The molecule has 1 heterocycles. The molecule has 47 heavy (non-hydrogen) atoms. The molecule has 12 heteroatoms. The van der Waals surface area contributed by atoms with Gasteiger partial charge in [0, 0.05) is 29.0 Å². The minimum absolute atomic E-state index is 0.00167. The van der Waals surface area contributed by atoms with Crippen LogP contribution in [0.15, 0.2) is 84.7 Å². The van der Waals surface area contributed by atoms with E-state index in [9.17, 15) is 19.2 Å². The van der Waals surface area contributed by atoms with Crippen molar-refractivity contribution in [1.29, 1.82) is 0 Å². The SMILES string of the molecule is CC(C)CC[C@H](S)CC(=O)ONC(=O)C(CC1=CN(C(=O)[C@H](C)N)CN1c1cccc2ccccc12)NC(=O)OCc1ccccc1. The van der Waals surface area contributed by atoms with Gasteiger partial charge >= 0.3 is 12.1 Å². The molecule has 1 aliphatic rings. The molecule has 0 saturated heterocycles. The van der Waals surface area contributed by atoms with Gasteiger partial charge in [0.15, 0.2) is 0 Å². The van der Waals surface area contributed by atoms with E-state index in [2.05, 4.69) is 37.3 Å². The quantitative estimate of drug-likeness (QED) is 0.148. The lowest BCUT2D eigenvalue weighted by molar-refractivity contribution is -0.158. The number of hydrogen-bond donors (Lipinski definition) is 4. The van der Waals surface area contributed by atoms with Crippen LogP contribution < -0.4 is 21.4 Å². The summed E-state index contributed by atoms with van der Waals surface area (Å²) < 4.78 is 5.40. The predicted octanol–water partition coefficient (Wildman–Crippen LogP) is 5.02. The van der Waals surface area contributed by atoms with E-state index in [1.165, 1.54) is 4.90 Å². The largest absolute Gasteiger partial charge is 0.445 e. The van der Waals surface area contributed by atoms with Gasteiger partial charge in [0.25, 0.3) is 5.91 Å². The second-order valence-electron chi connectivity index (χ2n) is 12.0. The molecule has 3 atom stereocenters. The third kappa shape index (κ3) is 10.2. The Bertz CT molecular complexity index is 1580. The maximum atomic E-state index is 13.5. The highest BCUT2D eigenvalue weighted by Gasteiger charge is 2.33. The van der Waals surface area contributed by atoms with Gasteiger partial charge in [-0.05, 0) is 42.7 Å². The Morgan fingerprint density at radius 2 is 1.64 bits per heavy atom. The van der Waals surface area contributed by atoms with Crippen LogP contribution in [-0.4, -0.2) is 52.8 Å². The zero-order chi connectivity index (χ0) is 33.9. The van der Waals surface area contributed by atoms with E-state index in [1.54, 1.807) is 13.1 Å². The number of nitrogens with zero attached hydrogens (tertiary/aromatic N) is 2. The first-order chi connectivity index (χ1) is 22.5. The van der Waals surface area contributed by atoms with Crippen LogP contribution in [0.5, 0.6) is 0 Å². The van der Waals surface area contributed by atoms with E-state index in [0.717, 1.165) is 34.9 Å². The van der Waals surface area contributed by atoms with Gasteiger partial charge in [-0.3, -0.25) is 14.5 Å². The Kier molecular flexibility index (Phi) is 12.7. The Morgan fingerprint density at radius 3 is 2.36 bits per heavy atom. The topological polar surface area (TPSA) is 143 Å². The lowest BCUT2D eigenvalue weighted by Gasteiger charge is -2.27. The van der Waals surface area contributed by atoms with Crippen molar-refractivity contribution < 1.29 is 28.8 Å². The average Bonchev–Trinajstić information content (AvgIpc) is 3.48. The lowest BCUT2D eigenvalue weighted by atomic mass is 10.1. The standard InChI is InChI=1S/C35H43N5O6S/c1-23(2)16-17-28(47)19-32(41)46-38-33(42)30(37-35(44)45-21-25-10-5-4-6-11-25)18-27-20-39(34(43)24(3)36)22-40(27)31-15-9-13-26-12-7-8-14-29(26)31/h4-15,20,23-24,28,30,47H,16-19,21-22,36H2,1-3H3,(H,37,44)(H,38,42)/t24-,28-,30?/m0/s1. The molecule has 4 rings (SSSR count). The summed E-state index contributed by atoms with van der Waals surface area (Å²) in [6, 6.07) is 20.7. The minimum atomic E-state index is -1.24. The summed E-state index contributed by atoms with van der Waals surface area (Å²) in [6.07, 6.45) is 2.33. The number of hydrogen-bond acceptors (Lipinski definition) is 9. The fraction of sp³-hybridized carbons (Fsp3) is 0.371. The number of nitrogens with two attached hydrogens (primary N) is 1. The molecule has 0 aromatic heterocycles. The van der Waals surface area contributed by atoms with Crippen LogP contribution in [-0.2, 0) is 30.6 Å². The molecule has 0 bridgehead atoms. The van der Waals surface area contributed by atoms with Gasteiger partial charge in [-0.15, -0.1) is 0 Å². The number of rotatable bonds is 13. The van der Waals surface area contributed by atoms with Gasteiger partial charge in [0.05, 0.1) is 18.2 Å². The smallest absolute Gasteiger partial charge is 0.408 e. The molecule has 4 N–H and O–H groups in total. The normalized spacial score (nSPS) is 14.7. The van der Waals surface area contributed by atoms with Crippen LogP contribution in [0.4, 0.5) is 10.5 Å². The monoisotopic (exact) mass is 661 g/mol. The summed E-state index contributed by atoms with van der Waals surface area (Å²) in [7, 11) is 0. The molecule has 0 fully saturated rings. The molecule has 3 aromatic carbocycles. The molecule has 11 nitrogen and oxygen atoms in total. The van der Waals surface area contributed by atoms with Gasteiger partial charge in [-0.2, -0.15) is 18.1 Å². The molecule has 3 aromatic rings. The Hall–Kier alpha value is -4.55. The molecular formula is C35H43N5O6S. The number of thiol groups is 1. The highest BCUT2D eigenvalue weighted by Crippen LogP contribution is 2.34. The zero-order valence-electron chi connectivity index (χ0n) is 26.9.